The molecule has 0 bridgehead atoms. The molecule has 116 valence electrons. The molecule has 1 amide bonds. The number of nitrogens with one attached hydrogen (secondary N) is 1. The highest BCUT2D eigenvalue weighted by Crippen LogP contribution is 2.23. The molecule has 1 atom stereocenters. The van der Waals surface area contributed by atoms with Crippen molar-refractivity contribution in [3.63, 3.8) is 0 Å². The Balaban J connectivity index is 1.79. The second kappa shape index (κ2) is 7.41. The van der Waals surface area contributed by atoms with E-state index in [-0.39, 0.29) is 11.9 Å². The van der Waals surface area contributed by atoms with E-state index in [2.05, 4.69) is 17.3 Å². The molecule has 2 saturated carbocycles. The van der Waals surface area contributed by atoms with Crippen LogP contribution in [0.2, 0.25) is 0 Å². The van der Waals surface area contributed by atoms with Gasteiger partial charge >= 0.3 is 0 Å². The molecule has 0 spiro atoms. The Morgan fingerprint density at radius 3 is 2.30 bits per heavy atom. The van der Waals surface area contributed by atoms with Crippen molar-refractivity contribution >= 4 is 5.91 Å². The number of carbonyl (C=O) groups is 1. The Bertz CT molecular complexity index is 307. The molecule has 0 heterocycles. The van der Waals surface area contributed by atoms with Gasteiger partial charge in [0.2, 0.25) is 5.91 Å². The third-order valence-corrected chi connectivity index (χ3v) is 5.26. The Labute approximate surface area is 123 Å². The molecule has 4 nitrogen and oxygen atoms in total. The van der Waals surface area contributed by atoms with Crippen molar-refractivity contribution in [2.75, 3.05) is 7.05 Å². The molecular weight excluding hydrogens is 250 g/mol. The fourth-order valence-corrected chi connectivity index (χ4v) is 3.58. The molecule has 0 aromatic carbocycles. The topological polar surface area (TPSA) is 58.4 Å². The molecule has 2 rings (SSSR count). The van der Waals surface area contributed by atoms with Gasteiger partial charge < -0.3 is 11.1 Å². The first-order valence-corrected chi connectivity index (χ1v) is 8.36. The SMILES string of the molecule is CC(C(=O)NC1CCCCC1)N(C)C1CCC(N)CC1. The zero-order valence-corrected chi connectivity index (χ0v) is 13.1. The van der Waals surface area contributed by atoms with Gasteiger partial charge in [-0.15, -0.1) is 0 Å². The fourth-order valence-electron chi connectivity index (χ4n) is 3.58. The number of nitrogens with zero attached hydrogens (tertiary/aromatic N) is 1. The zero-order chi connectivity index (χ0) is 14.5. The minimum atomic E-state index is -0.0312. The maximum atomic E-state index is 12.4. The third-order valence-electron chi connectivity index (χ3n) is 5.26. The summed E-state index contributed by atoms with van der Waals surface area (Å²) in [5.41, 5.74) is 5.96. The number of likely N-dealkylation sites (N-methyl/N-ethyl adjacent to an activating group) is 1. The number of nitrogens with two attached hydrogens (primary N) is 1. The van der Waals surface area contributed by atoms with Crippen molar-refractivity contribution < 1.29 is 4.79 Å². The van der Waals surface area contributed by atoms with Crippen LogP contribution in [0, 0.1) is 0 Å². The van der Waals surface area contributed by atoms with Gasteiger partial charge in [-0.1, -0.05) is 19.3 Å². The van der Waals surface area contributed by atoms with Gasteiger partial charge in [0.25, 0.3) is 0 Å². The predicted molar refractivity (Wildman–Crippen MR) is 82.5 cm³/mol. The van der Waals surface area contributed by atoms with E-state index in [1.54, 1.807) is 0 Å². The number of hydrogen-bond donors (Lipinski definition) is 2. The molecule has 4 heteroatoms. The van der Waals surface area contributed by atoms with Crippen molar-refractivity contribution in [3.05, 3.63) is 0 Å². The molecule has 2 fully saturated rings. The molecule has 0 saturated heterocycles. The average molecular weight is 281 g/mol. The molecule has 1 unspecified atom stereocenters. The van der Waals surface area contributed by atoms with Crippen LogP contribution in [0.15, 0.2) is 0 Å². The highest BCUT2D eigenvalue weighted by atomic mass is 16.2. The fraction of sp³-hybridized carbons (Fsp3) is 0.938. The summed E-state index contributed by atoms with van der Waals surface area (Å²) in [5, 5.41) is 3.24. The monoisotopic (exact) mass is 281 g/mol. The molecule has 20 heavy (non-hydrogen) atoms. The first-order valence-electron chi connectivity index (χ1n) is 8.36. The number of carbonyl (C=O) groups excluding carboxylic acids is 1. The van der Waals surface area contributed by atoms with E-state index in [1.165, 1.54) is 19.3 Å². The Morgan fingerprint density at radius 1 is 1.10 bits per heavy atom. The highest BCUT2D eigenvalue weighted by molar-refractivity contribution is 5.81. The predicted octanol–water partition coefficient (Wildman–Crippen LogP) is 2.03. The lowest BCUT2D eigenvalue weighted by atomic mass is 9.90. The van der Waals surface area contributed by atoms with Gasteiger partial charge in [-0.05, 0) is 52.5 Å². The summed E-state index contributed by atoms with van der Waals surface area (Å²) in [5.74, 6) is 0.203. The van der Waals surface area contributed by atoms with E-state index in [0.29, 0.717) is 18.1 Å². The van der Waals surface area contributed by atoms with E-state index in [1.807, 2.05) is 6.92 Å². The van der Waals surface area contributed by atoms with Crippen LogP contribution in [0.5, 0.6) is 0 Å². The van der Waals surface area contributed by atoms with Gasteiger partial charge in [0.1, 0.15) is 0 Å². The molecule has 2 aliphatic carbocycles. The summed E-state index contributed by atoms with van der Waals surface area (Å²) in [6.07, 6.45) is 10.6. The van der Waals surface area contributed by atoms with Crippen LogP contribution in [0.3, 0.4) is 0 Å². The van der Waals surface area contributed by atoms with Crippen molar-refractivity contribution in [2.45, 2.75) is 88.9 Å². The first kappa shape index (κ1) is 15.8. The zero-order valence-electron chi connectivity index (χ0n) is 13.1. The number of amides is 1. The minimum absolute atomic E-state index is 0.0312. The van der Waals surface area contributed by atoms with Crippen LogP contribution < -0.4 is 11.1 Å². The van der Waals surface area contributed by atoms with Crippen LogP contribution in [-0.4, -0.2) is 42.0 Å². The normalized spacial score (nSPS) is 30.2. The average Bonchev–Trinajstić information content (AvgIpc) is 2.47. The van der Waals surface area contributed by atoms with Gasteiger partial charge in [0.15, 0.2) is 0 Å². The molecule has 3 N–H and O–H groups in total. The maximum absolute atomic E-state index is 12.4. The second-order valence-electron chi connectivity index (χ2n) is 6.75. The van der Waals surface area contributed by atoms with Crippen LogP contribution in [0.4, 0.5) is 0 Å². The van der Waals surface area contributed by atoms with E-state index in [9.17, 15) is 4.79 Å². The van der Waals surface area contributed by atoms with Crippen LogP contribution in [0.1, 0.15) is 64.7 Å². The lowest BCUT2D eigenvalue weighted by Gasteiger charge is -2.37. The summed E-state index contributed by atoms with van der Waals surface area (Å²) in [6.45, 7) is 2.03. The first-order chi connectivity index (χ1) is 9.58. The number of hydrogen-bond acceptors (Lipinski definition) is 3. The van der Waals surface area contributed by atoms with Gasteiger partial charge in [-0.2, -0.15) is 0 Å². The summed E-state index contributed by atoms with van der Waals surface area (Å²) in [7, 11) is 2.09. The molecule has 0 radical (unpaired) electrons. The minimum Gasteiger partial charge on any atom is -0.352 e. The molecule has 0 aromatic heterocycles. The lowest BCUT2D eigenvalue weighted by molar-refractivity contribution is -0.127. The standard InChI is InChI=1S/C16H31N3O/c1-12(16(20)18-14-6-4-3-5-7-14)19(2)15-10-8-13(17)9-11-15/h12-15H,3-11,17H2,1-2H3,(H,18,20). The summed E-state index contributed by atoms with van der Waals surface area (Å²) >= 11 is 0. The van der Waals surface area contributed by atoms with Gasteiger partial charge in [0, 0.05) is 18.1 Å². The van der Waals surface area contributed by atoms with Gasteiger partial charge in [-0.25, -0.2) is 0 Å². The third kappa shape index (κ3) is 4.19. The van der Waals surface area contributed by atoms with Gasteiger partial charge in [-0.3, -0.25) is 9.69 Å². The van der Waals surface area contributed by atoms with Crippen molar-refractivity contribution in [2.24, 2.45) is 5.73 Å². The molecule has 0 aromatic rings. The summed E-state index contributed by atoms with van der Waals surface area (Å²) in [4.78, 5) is 14.6. The van der Waals surface area contributed by atoms with Crippen LogP contribution in [0.25, 0.3) is 0 Å². The molecule has 0 aliphatic heterocycles. The summed E-state index contributed by atoms with van der Waals surface area (Å²) in [6, 6.07) is 1.26. The van der Waals surface area contributed by atoms with E-state index < -0.39 is 0 Å². The Hall–Kier alpha value is -0.610. The lowest BCUT2D eigenvalue weighted by Crippen LogP contribution is -2.51. The van der Waals surface area contributed by atoms with E-state index in [4.69, 9.17) is 5.73 Å². The maximum Gasteiger partial charge on any atom is 0.237 e. The van der Waals surface area contributed by atoms with Crippen molar-refractivity contribution in [3.8, 4) is 0 Å². The van der Waals surface area contributed by atoms with Crippen molar-refractivity contribution in [1.82, 2.24) is 10.2 Å². The highest BCUT2D eigenvalue weighted by Gasteiger charge is 2.29. The second-order valence-corrected chi connectivity index (χ2v) is 6.75. The van der Waals surface area contributed by atoms with E-state index in [0.717, 1.165) is 38.5 Å². The van der Waals surface area contributed by atoms with Gasteiger partial charge in [0.05, 0.1) is 6.04 Å². The smallest absolute Gasteiger partial charge is 0.237 e. The van der Waals surface area contributed by atoms with E-state index >= 15 is 0 Å². The quantitative estimate of drug-likeness (QED) is 0.829. The number of rotatable bonds is 4. The Kier molecular flexibility index (Phi) is 5.85. The van der Waals surface area contributed by atoms with Crippen LogP contribution >= 0.6 is 0 Å². The largest absolute Gasteiger partial charge is 0.352 e. The molecular formula is C16H31N3O. The van der Waals surface area contributed by atoms with Crippen LogP contribution in [-0.2, 0) is 4.79 Å². The summed E-state index contributed by atoms with van der Waals surface area (Å²) < 4.78 is 0. The molecule has 2 aliphatic rings. The van der Waals surface area contributed by atoms with Crippen molar-refractivity contribution in [1.29, 1.82) is 0 Å². The Morgan fingerprint density at radius 2 is 1.70 bits per heavy atom.